The molecule has 0 amide bonds. The molecule has 6 unspecified atom stereocenters. The predicted octanol–water partition coefficient (Wildman–Crippen LogP) is 9.62. The van der Waals surface area contributed by atoms with E-state index in [2.05, 4.69) is 39.5 Å². The molecule has 0 spiro atoms. The van der Waals surface area contributed by atoms with E-state index in [1.165, 1.54) is 62.5 Å². The Morgan fingerprint density at radius 1 is 1.10 bits per heavy atom. The molecule has 3 saturated carbocycles. The molecule has 1 heteroatoms. The number of allylic oxidation sites excluding steroid dienone is 5. The lowest BCUT2D eigenvalue weighted by Gasteiger charge is -2.45. The van der Waals surface area contributed by atoms with Crippen LogP contribution in [-0.4, -0.2) is 5.67 Å². The molecule has 0 radical (unpaired) electrons. The summed E-state index contributed by atoms with van der Waals surface area (Å²) in [6, 6.07) is 0. The van der Waals surface area contributed by atoms with Crippen LogP contribution in [0.1, 0.15) is 113 Å². The maximum Gasteiger partial charge on any atom is 0.113 e. The van der Waals surface area contributed by atoms with Gasteiger partial charge in [0.05, 0.1) is 0 Å². The van der Waals surface area contributed by atoms with E-state index in [1.807, 2.05) is 27.7 Å². The van der Waals surface area contributed by atoms with Crippen LogP contribution in [0.5, 0.6) is 0 Å². The number of hydrogen-bond donors (Lipinski definition) is 0. The monoisotopic (exact) mass is 428 g/mol. The zero-order chi connectivity index (χ0) is 23.0. The molecule has 0 aromatic heterocycles. The van der Waals surface area contributed by atoms with Gasteiger partial charge in [-0.15, -0.1) is 0 Å². The lowest BCUT2D eigenvalue weighted by Crippen LogP contribution is -2.38. The standard InChI is InChI=1S/C30H49F/c1-21-11-9-12-24(23(21)3)14-15-25-13-10-19-29(7)26(16-17-27(25)29)22(2)18-20-30(8,31)28(4,5)6/h14-15,21-22,26-27H,3,9-13,16-20H2,1-2,4-8H3/b24-14-,25-15+. The second kappa shape index (κ2) is 9.18. The van der Waals surface area contributed by atoms with Gasteiger partial charge in [0.2, 0.25) is 0 Å². The Balaban J connectivity index is 1.71. The van der Waals surface area contributed by atoms with Gasteiger partial charge < -0.3 is 0 Å². The molecule has 3 aliphatic carbocycles. The fourth-order valence-electron chi connectivity index (χ4n) is 6.94. The second-order valence-corrected chi connectivity index (χ2v) is 12.8. The highest BCUT2D eigenvalue weighted by molar-refractivity contribution is 5.36. The number of rotatable bonds is 5. The van der Waals surface area contributed by atoms with Gasteiger partial charge in [-0.3, -0.25) is 0 Å². The third kappa shape index (κ3) is 5.06. The number of fused-ring (bicyclic) bond motifs is 1. The molecular formula is C30H49F. The summed E-state index contributed by atoms with van der Waals surface area (Å²) >= 11 is 0. The normalized spacial score (nSPS) is 37.7. The average Bonchev–Trinajstić information content (AvgIpc) is 3.04. The molecule has 0 aromatic rings. The summed E-state index contributed by atoms with van der Waals surface area (Å²) in [5, 5.41) is 0. The van der Waals surface area contributed by atoms with Gasteiger partial charge >= 0.3 is 0 Å². The van der Waals surface area contributed by atoms with Gasteiger partial charge in [0.25, 0.3) is 0 Å². The molecule has 0 aliphatic heterocycles. The van der Waals surface area contributed by atoms with Crippen molar-refractivity contribution in [1.82, 2.24) is 0 Å². The van der Waals surface area contributed by atoms with Crippen molar-refractivity contribution in [2.24, 2.45) is 34.5 Å². The molecule has 0 saturated heterocycles. The highest BCUT2D eigenvalue weighted by atomic mass is 19.1. The molecule has 6 atom stereocenters. The van der Waals surface area contributed by atoms with Crippen LogP contribution in [0.4, 0.5) is 4.39 Å². The first-order chi connectivity index (χ1) is 14.4. The van der Waals surface area contributed by atoms with E-state index in [-0.39, 0.29) is 5.41 Å². The minimum Gasteiger partial charge on any atom is -0.244 e. The Labute approximate surface area is 192 Å². The maximum atomic E-state index is 15.2. The molecular weight excluding hydrogens is 379 g/mol. The SMILES string of the molecule is C=C1/C(=C\C=C2/CCCC3(C)C2CCC3C(C)CCC(C)(F)C(C)(C)C)CCCC1C. The van der Waals surface area contributed by atoms with Crippen molar-refractivity contribution < 1.29 is 4.39 Å². The van der Waals surface area contributed by atoms with Gasteiger partial charge in [-0.2, -0.15) is 0 Å². The van der Waals surface area contributed by atoms with Gasteiger partial charge in [-0.25, -0.2) is 4.39 Å². The van der Waals surface area contributed by atoms with E-state index >= 15 is 4.39 Å². The van der Waals surface area contributed by atoms with Crippen molar-refractivity contribution in [3.8, 4) is 0 Å². The van der Waals surface area contributed by atoms with E-state index in [0.717, 1.165) is 18.3 Å². The van der Waals surface area contributed by atoms with E-state index in [4.69, 9.17) is 0 Å². The van der Waals surface area contributed by atoms with Gasteiger partial charge in [0.15, 0.2) is 0 Å². The summed E-state index contributed by atoms with van der Waals surface area (Å²) < 4.78 is 15.2. The average molecular weight is 429 g/mol. The van der Waals surface area contributed by atoms with Crippen molar-refractivity contribution in [3.63, 3.8) is 0 Å². The van der Waals surface area contributed by atoms with Gasteiger partial charge in [-0.1, -0.05) is 65.8 Å². The largest absolute Gasteiger partial charge is 0.244 e. The lowest BCUT2D eigenvalue weighted by molar-refractivity contribution is 0.0228. The molecule has 3 fully saturated rings. The molecule has 0 bridgehead atoms. The van der Waals surface area contributed by atoms with Crippen molar-refractivity contribution >= 4 is 0 Å². The summed E-state index contributed by atoms with van der Waals surface area (Å²) in [6.45, 7) is 19.6. The number of hydrogen-bond acceptors (Lipinski definition) is 0. The highest BCUT2D eigenvalue weighted by Crippen LogP contribution is 2.60. The Morgan fingerprint density at radius 2 is 1.81 bits per heavy atom. The number of alkyl halides is 1. The minimum absolute atomic E-state index is 0.288. The van der Waals surface area contributed by atoms with E-state index in [1.54, 1.807) is 5.57 Å². The third-order valence-electron chi connectivity index (χ3n) is 9.95. The molecule has 3 rings (SSSR count). The van der Waals surface area contributed by atoms with Crippen LogP contribution in [0.15, 0.2) is 35.5 Å². The van der Waals surface area contributed by atoms with Gasteiger partial charge in [-0.05, 0) is 117 Å². The summed E-state index contributed by atoms with van der Waals surface area (Å²) in [5.74, 6) is 2.69. The zero-order valence-corrected chi connectivity index (χ0v) is 21.6. The molecule has 0 heterocycles. The zero-order valence-electron chi connectivity index (χ0n) is 21.6. The molecule has 0 aromatic carbocycles. The first-order valence-electron chi connectivity index (χ1n) is 13.1. The minimum atomic E-state index is -1.09. The Hall–Kier alpha value is -0.850. The first-order valence-corrected chi connectivity index (χ1v) is 13.1. The molecule has 0 nitrogen and oxygen atoms in total. The quantitative estimate of drug-likeness (QED) is 0.409. The van der Waals surface area contributed by atoms with E-state index < -0.39 is 5.67 Å². The smallest absolute Gasteiger partial charge is 0.113 e. The Morgan fingerprint density at radius 3 is 2.48 bits per heavy atom. The van der Waals surface area contributed by atoms with Crippen LogP contribution in [0.2, 0.25) is 0 Å². The topological polar surface area (TPSA) is 0 Å². The van der Waals surface area contributed by atoms with Gasteiger partial charge in [0.1, 0.15) is 5.67 Å². The summed E-state index contributed by atoms with van der Waals surface area (Å²) in [4.78, 5) is 0. The highest BCUT2D eigenvalue weighted by Gasteiger charge is 2.51. The van der Waals surface area contributed by atoms with Crippen LogP contribution in [0.25, 0.3) is 0 Å². The predicted molar refractivity (Wildman–Crippen MR) is 134 cm³/mol. The van der Waals surface area contributed by atoms with Crippen LogP contribution >= 0.6 is 0 Å². The van der Waals surface area contributed by atoms with Crippen molar-refractivity contribution in [2.45, 2.75) is 118 Å². The summed E-state index contributed by atoms with van der Waals surface area (Å²) in [5.41, 5.74) is 3.56. The van der Waals surface area contributed by atoms with Crippen molar-refractivity contribution in [1.29, 1.82) is 0 Å². The summed E-state index contributed by atoms with van der Waals surface area (Å²) in [7, 11) is 0. The van der Waals surface area contributed by atoms with E-state index in [0.29, 0.717) is 23.7 Å². The van der Waals surface area contributed by atoms with Crippen molar-refractivity contribution in [3.05, 3.63) is 35.5 Å². The first kappa shape index (κ1) is 24.8. The second-order valence-electron chi connectivity index (χ2n) is 12.8. The summed E-state index contributed by atoms with van der Waals surface area (Å²) in [6.07, 6.45) is 17.0. The molecule has 176 valence electrons. The lowest BCUT2D eigenvalue weighted by atomic mass is 9.60. The fourth-order valence-corrected chi connectivity index (χ4v) is 6.94. The molecule has 0 N–H and O–H groups in total. The fraction of sp³-hybridized carbons (Fsp3) is 0.800. The van der Waals surface area contributed by atoms with Crippen molar-refractivity contribution in [2.75, 3.05) is 0 Å². The Bertz CT molecular complexity index is 715. The maximum absolute atomic E-state index is 15.2. The molecule has 3 aliphatic rings. The third-order valence-corrected chi connectivity index (χ3v) is 9.95. The van der Waals surface area contributed by atoms with Crippen LogP contribution < -0.4 is 0 Å². The van der Waals surface area contributed by atoms with Gasteiger partial charge in [0, 0.05) is 0 Å². The Kier molecular flexibility index (Phi) is 7.34. The van der Waals surface area contributed by atoms with Crippen LogP contribution in [0.3, 0.4) is 0 Å². The van der Waals surface area contributed by atoms with Crippen LogP contribution in [0, 0.1) is 34.5 Å². The molecule has 31 heavy (non-hydrogen) atoms. The number of halogens is 1. The van der Waals surface area contributed by atoms with Crippen LogP contribution in [-0.2, 0) is 0 Å². The van der Waals surface area contributed by atoms with E-state index in [9.17, 15) is 0 Å².